The summed E-state index contributed by atoms with van der Waals surface area (Å²) in [5.74, 6) is 0. The molecule has 0 spiro atoms. The summed E-state index contributed by atoms with van der Waals surface area (Å²) in [5.41, 5.74) is -0.161. The van der Waals surface area contributed by atoms with Crippen LogP contribution in [0.1, 0.15) is 36.1 Å². The number of ether oxygens (including phenoxy) is 3. The molecule has 0 saturated heterocycles. The van der Waals surface area contributed by atoms with Crippen molar-refractivity contribution in [2.75, 3.05) is 13.2 Å². The standard InChI is InChI=1S/C31H32O4/c1-3-33-29(34-4-2)35-31(27-21-13-7-14-22-27,28-23-15-8-16-24-28)30(32,25-17-9-5-10-18-25)26-19-11-6-12-20-26/h5-24,29,32H,3-4H2,1-2H3. The molecule has 0 atom stereocenters. The minimum atomic E-state index is -1.65. The van der Waals surface area contributed by atoms with E-state index in [1.165, 1.54) is 0 Å². The van der Waals surface area contributed by atoms with E-state index in [2.05, 4.69) is 0 Å². The first-order valence-electron chi connectivity index (χ1n) is 12.0. The Bertz CT molecular complexity index is 1060. The first-order valence-corrected chi connectivity index (χ1v) is 12.0. The number of hydrogen-bond donors (Lipinski definition) is 1. The van der Waals surface area contributed by atoms with Crippen LogP contribution in [0.5, 0.6) is 0 Å². The van der Waals surface area contributed by atoms with Gasteiger partial charge in [0.15, 0.2) is 11.2 Å². The van der Waals surface area contributed by atoms with Gasteiger partial charge in [-0.1, -0.05) is 121 Å². The summed E-state index contributed by atoms with van der Waals surface area (Å²) in [7, 11) is 0. The monoisotopic (exact) mass is 468 g/mol. The van der Waals surface area contributed by atoms with Gasteiger partial charge in [0.2, 0.25) is 0 Å². The van der Waals surface area contributed by atoms with Crippen molar-refractivity contribution in [3.05, 3.63) is 144 Å². The van der Waals surface area contributed by atoms with Crippen molar-refractivity contribution in [2.24, 2.45) is 0 Å². The SMILES string of the molecule is CCOC(OCC)OC(c1ccccc1)(c1ccccc1)C(O)(c1ccccc1)c1ccccc1. The lowest BCUT2D eigenvalue weighted by molar-refractivity contribution is -0.344. The van der Waals surface area contributed by atoms with E-state index >= 15 is 0 Å². The Kier molecular flexibility index (Phi) is 8.11. The van der Waals surface area contributed by atoms with E-state index < -0.39 is 17.7 Å². The van der Waals surface area contributed by atoms with E-state index in [4.69, 9.17) is 14.2 Å². The fourth-order valence-corrected chi connectivity index (χ4v) is 4.62. The van der Waals surface area contributed by atoms with Crippen LogP contribution in [-0.2, 0) is 25.4 Å². The molecule has 4 aromatic carbocycles. The lowest BCUT2D eigenvalue weighted by Crippen LogP contribution is -2.55. The van der Waals surface area contributed by atoms with Crippen LogP contribution in [0.15, 0.2) is 121 Å². The molecular formula is C31H32O4. The van der Waals surface area contributed by atoms with Crippen molar-refractivity contribution in [2.45, 2.75) is 31.5 Å². The maximum Gasteiger partial charge on any atom is 0.272 e. The van der Waals surface area contributed by atoms with Crippen LogP contribution in [0.3, 0.4) is 0 Å². The van der Waals surface area contributed by atoms with E-state index in [0.29, 0.717) is 24.3 Å². The number of hydrogen-bond acceptors (Lipinski definition) is 4. The van der Waals surface area contributed by atoms with Crippen molar-refractivity contribution in [3.63, 3.8) is 0 Å². The molecule has 0 fully saturated rings. The normalized spacial score (nSPS) is 12.1. The minimum Gasteiger partial charge on any atom is -0.377 e. The molecule has 0 heterocycles. The van der Waals surface area contributed by atoms with Gasteiger partial charge in [0.1, 0.15) is 0 Å². The van der Waals surface area contributed by atoms with Gasteiger partial charge < -0.3 is 19.3 Å². The van der Waals surface area contributed by atoms with Crippen LogP contribution in [0.2, 0.25) is 0 Å². The Labute approximate surface area is 207 Å². The van der Waals surface area contributed by atoms with Crippen molar-refractivity contribution in [1.82, 2.24) is 0 Å². The zero-order chi connectivity index (χ0) is 24.6. The molecule has 4 nitrogen and oxygen atoms in total. The molecule has 35 heavy (non-hydrogen) atoms. The topological polar surface area (TPSA) is 47.9 Å². The van der Waals surface area contributed by atoms with E-state index in [0.717, 1.165) is 11.1 Å². The maximum absolute atomic E-state index is 13.1. The minimum absolute atomic E-state index is 0.388. The third-order valence-corrected chi connectivity index (χ3v) is 6.13. The predicted molar refractivity (Wildman–Crippen MR) is 138 cm³/mol. The van der Waals surface area contributed by atoms with Crippen LogP contribution in [0.4, 0.5) is 0 Å². The van der Waals surface area contributed by atoms with Crippen LogP contribution in [0, 0.1) is 0 Å². The Morgan fingerprint density at radius 2 is 0.857 bits per heavy atom. The van der Waals surface area contributed by atoms with Crippen LogP contribution < -0.4 is 0 Å². The summed E-state index contributed by atoms with van der Waals surface area (Å²) >= 11 is 0. The maximum atomic E-state index is 13.1. The molecule has 0 bridgehead atoms. The summed E-state index contributed by atoms with van der Waals surface area (Å²) < 4.78 is 18.7. The molecule has 0 aliphatic rings. The zero-order valence-corrected chi connectivity index (χ0v) is 20.2. The Morgan fingerprint density at radius 3 is 1.17 bits per heavy atom. The highest BCUT2D eigenvalue weighted by atomic mass is 16.8. The second-order valence-corrected chi connectivity index (χ2v) is 8.17. The second kappa shape index (κ2) is 11.4. The molecule has 4 aromatic rings. The number of rotatable bonds is 11. The second-order valence-electron chi connectivity index (χ2n) is 8.17. The Hall–Kier alpha value is -3.28. The molecule has 0 aliphatic heterocycles. The van der Waals surface area contributed by atoms with Gasteiger partial charge in [-0.05, 0) is 36.1 Å². The molecule has 0 saturated carbocycles. The third-order valence-electron chi connectivity index (χ3n) is 6.13. The van der Waals surface area contributed by atoms with Crippen LogP contribution in [0.25, 0.3) is 0 Å². The smallest absolute Gasteiger partial charge is 0.272 e. The first-order chi connectivity index (χ1) is 17.2. The highest BCUT2D eigenvalue weighted by Crippen LogP contribution is 2.52. The summed E-state index contributed by atoms with van der Waals surface area (Å²) in [4.78, 5) is 0. The van der Waals surface area contributed by atoms with Crippen molar-refractivity contribution >= 4 is 0 Å². The van der Waals surface area contributed by atoms with Gasteiger partial charge in [-0.15, -0.1) is 0 Å². The average molecular weight is 469 g/mol. The molecule has 0 aromatic heterocycles. The van der Waals surface area contributed by atoms with E-state index in [9.17, 15) is 5.11 Å². The van der Waals surface area contributed by atoms with Crippen molar-refractivity contribution < 1.29 is 19.3 Å². The summed E-state index contributed by atoms with van der Waals surface area (Å²) in [6.07, 6.45) is 0. The van der Waals surface area contributed by atoms with E-state index in [-0.39, 0.29) is 0 Å². The summed E-state index contributed by atoms with van der Waals surface area (Å²) in [5, 5.41) is 13.1. The Balaban J connectivity index is 2.12. The van der Waals surface area contributed by atoms with Crippen molar-refractivity contribution in [3.8, 4) is 0 Å². The molecule has 0 amide bonds. The fraction of sp³-hybridized carbons (Fsp3) is 0.226. The van der Waals surface area contributed by atoms with Crippen molar-refractivity contribution in [1.29, 1.82) is 0 Å². The third kappa shape index (κ3) is 4.79. The lowest BCUT2D eigenvalue weighted by atomic mass is 9.66. The largest absolute Gasteiger partial charge is 0.377 e. The molecule has 1 N–H and O–H groups in total. The number of benzene rings is 4. The van der Waals surface area contributed by atoms with Gasteiger partial charge in [0.25, 0.3) is 6.48 Å². The molecule has 0 radical (unpaired) electrons. The van der Waals surface area contributed by atoms with Gasteiger partial charge >= 0.3 is 0 Å². The molecule has 4 rings (SSSR count). The van der Waals surface area contributed by atoms with Crippen LogP contribution >= 0.6 is 0 Å². The van der Waals surface area contributed by atoms with E-state index in [1.807, 2.05) is 135 Å². The molecule has 4 heteroatoms. The zero-order valence-electron chi connectivity index (χ0n) is 20.2. The lowest BCUT2D eigenvalue weighted by Gasteiger charge is -2.49. The fourth-order valence-electron chi connectivity index (χ4n) is 4.62. The first kappa shape index (κ1) is 24.8. The Morgan fingerprint density at radius 1 is 0.543 bits per heavy atom. The number of aliphatic hydroxyl groups is 1. The van der Waals surface area contributed by atoms with Gasteiger partial charge in [0, 0.05) is 13.2 Å². The van der Waals surface area contributed by atoms with Gasteiger partial charge in [0.05, 0.1) is 0 Å². The molecule has 0 unspecified atom stereocenters. The van der Waals surface area contributed by atoms with Gasteiger partial charge in [-0.25, -0.2) is 0 Å². The van der Waals surface area contributed by atoms with E-state index in [1.54, 1.807) is 0 Å². The summed E-state index contributed by atoms with van der Waals surface area (Å²) in [6.45, 7) is 3.55. The average Bonchev–Trinajstić information content (AvgIpc) is 2.93. The quantitative estimate of drug-likeness (QED) is 0.265. The molecule has 0 aliphatic carbocycles. The van der Waals surface area contributed by atoms with Gasteiger partial charge in [-0.3, -0.25) is 0 Å². The molecular weight excluding hydrogens is 436 g/mol. The molecule has 180 valence electrons. The van der Waals surface area contributed by atoms with Gasteiger partial charge in [-0.2, -0.15) is 0 Å². The highest BCUT2D eigenvalue weighted by Gasteiger charge is 2.57. The summed E-state index contributed by atoms with van der Waals surface area (Å²) in [6, 6.07) is 38.8. The highest BCUT2D eigenvalue weighted by molar-refractivity contribution is 5.50. The van der Waals surface area contributed by atoms with Crippen LogP contribution in [-0.4, -0.2) is 24.8 Å². The predicted octanol–water partition coefficient (Wildman–Crippen LogP) is 6.24.